The van der Waals surface area contributed by atoms with E-state index in [0.29, 0.717) is 37.2 Å². The Hall–Kier alpha value is -2.52. The van der Waals surface area contributed by atoms with Crippen molar-refractivity contribution in [3.8, 4) is 0 Å². The summed E-state index contributed by atoms with van der Waals surface area (Å²) in [6.45, 7) is 3.86. The molecule has 36 heavy (non-hydrogen) atoms. The Morgan fingerprint density at radius 1 is 1.22 bits per heavy atom. The normalized spacial score (nSPS) is 23.5. The van der Waals surface area contributed by atoms with Gasteiger partial charge in [0, 0.05) is 10.8 Å². The Morgan fingerprint density at radius 3 is 2.64 bits per heavy atom. The summed E-state index contributed by atoms with van der Waals surface area (Å²) in [7, 11) is 0. The number of hydrogen-bond donors (Lipinski definition) is 3. The predicted molar refractivity (Wildman–Crippen MR) is 138 cm³/mol. The van der Waals surface area contributed by atoms with E-state index >= 15 is 0 Å². The minimum absolute atomic E-state index is 0.154. The van der Waals surface area contributed by atoms with Gasteiger partial charge in [0.25, 0.3) is 0 Å². The van der Waals surface area contributed by atoms with Crippen LogP contribution in [0.1, 0.15) is 62.3 Å². The Labute approximate surface area is 215 Å². The monoisotopic (exact) mass is 513 g/mol. The summed E-state index contributed by atoms with van der Waals surface area (Å²) < 4.78 is 5.57. The highest BCUT2D eigenvalue weighted by Crippen LogP contribution is 2.47. The molecule has 2 aromatic heterocycles. The summed E-state index contributed by atoms with van der Waals surface area (Å²) in [5, 5.41) is 32.8. The number of imide groups is 1. The van der Waals surface area contributed by atoms with Gasteiger partial charge in [-0.3, -0.25) is 14.5 Å². The first-order chi connectivity index (χ1) is 17.4. The summed E-state index contributed by atoms with van der Waals surface area (Å²) >= 11 is 1.51. The van der Waals surface area contributed by atoms with E-state index in [1.54, 1.807) is 6.07 Å². The average molecular weight is 514 g/mol. The lowest BCUT2D eigenvalue weighted by molar-refractivity contribution is -0.140. The molecule has 2 aliphatic rings. The van der Waals surface area contributed by atoms with Crippen LogP contribution < -0.4 is 0 Å². The second-order valence-corrected chi connectivity index (χ2v) is 10.6. The minimum atomic E-state index is -0.813. The number of carbonyl (C=O) groups excluding carboxylic acids is 2. The maximum absolute atomic E-state index is 13.4. The summed E-state index contributed by atoms with van der Waals surface area (Å²) in [5.41, 5.74) is 2.80. The highest BCUT2D eigenvalue weighted by molar-refractivity contribution is 7.09. The number of rotatable bonds is 11. The van der Waals surface area contributed by atoms with Gasteiger partial charge in [0.1, 0.15) is 18.1 Å². The molecule has 0 spiro atoms. The molecule has 0 aromatic carbocycles. The molecular weight excluding hydrogens is 478 g/mol. The molecule has 0 bridgehead atoms. The van der Waals surface area contributed by atoms with E-state index in [-0.39, 0.29) is 31.6 Å². The van der Waals surface area contributed by atoms with Gasteiger partial charge in [-0.2, -0.15) is 0 Å². The molecule has 1 fully saturated rings. The van der Waals surface area contributed by atoms with Gasteiger partial charge in [-0.05, 0) is 67.3 Å². The number of fused-ring (bicyclic) bond motifs is 1. The second kappa shape index (κ2) is 11.7. The molecule has 1 saturated heterocycles. The van der Waals surface area contributed by atoms with Crippen LogP contribution in [0, 0.1) is 17.8 Å². The van der Waals surface area contributed by atoms with Crippen LogP contribution in [0.15, 0.2) is 50.8 Å². The van der Waals surface area contributed by atoms with Crippen molar-refractivity contribution in [3.63, 3.8) is 0 Å². The molecule has 2 amide bonds. The molecule has 194 valence electrons. The maximum Gasteiger partial charge on any atom is 0.234 e. The Morgan fingerprint density at radius 2 is 2.03 bits per heavy atom. The van der Waals surface area contributed by atoms with E-state index < -0.39 is 23.9 Å². The highest BCUT2D eigenvalue weighted by Gasteiger charge is 2.54. The minimum Gasteiger partial charge on any atom is -0.459 e. The van der Waals surface area contributed by atoms with Crippen LogP contribution in [0.25, 0.3) is 6.08 Å². The van der Waals surface area contributed by atoms with Gasteiger partial charge in [0.15, 0.2) is 0 Å². The molecule has 7 nitrogen and oxygen atoms in total. The van der Waals surface area contributed by atoms with Crippen molar-refractivity contribution in [1.29, 1.82) is 0 Å². The number of aliphatic hydroxyl groups excluding tert-OH is 3. The predicted octanol–water partition coefficient (Wildman–Crippen LogP) is 4.29. The van der Waals surface area contributed by atoms with Crippen molar-refractivity contribution in [2.75, 3.05) is 6.61 Å². The molecule has 8 heteroatoms. The first-order valence-electron chi connectivity index (χ1n) is 12.7. The number of likely N-dealkylation sites (tertiary alicyclic amines) is 1. The number of hydrogen-bond acceptors (Lipinski definition) is 7. The number of thiophene rings is 1. The van der Waals surface area contributed by atoms with Crippen LogP contribution in [0.3, 0.4) is 0 Å². The van der Waals surface area contributed by atoms with Crippen molar-refractivity contribution in [3.05, 3.63) is 62.8 Å². The number of furan rings is 1. The standard InChI is InChI=1S/C28H35NO6S/c1-3-17(12-19-8-9-20(15-30)35-19)7-10-24(32)25-18(4-2)13-22-26(23(25)16-31)28(34)29(27(22)33)14-21-6-5-11-36-21/h5-6,8-9,11-12,22-24,26,30-32H,3-4,7,10,13-16H2,1-2H3/b17-12+/t22-,23+,24-,26-/m1/s1. The number of allylic oxidation sites excluding steroid dienone is 2. The fraction of sp³-hybridized carbons (Fsp3) is 0.500. The zero-order valence-corrected chi connectivity index (χ0v) is 21.7. The van der Waals surface area contributed by atoms with Crippen LogP contribution in [0.4, 0.5) is 0 Å². The molecule has 0 unspecified atom stereocenters. The van der Waals surface area contributed by atoms with Crippen LogP contribution >= 0.6 is 11.3 Å². The molecular formula is C28H35NO6S. The van der Waals surface area contributed by atoms with Crippen molar-refractivity contribution in [1.82, 2.24) is 4.90 Å². The maximum atomic E-state index is 13.4. The van der Waals surface area contributed by atoms with Gasteiger partial charge in [0.05, 0.1) is 31.1 Å². The van der Waals surface area contributed by atoms with Gasteiger partial charge in [-0.15, -0.1) is 11.3 Å². The Bertz CT molecular complexity index is 1130. The Balaban J connectivity index is 1.52. The quantitative estimate of drug-likeness (QED) is 0.305. The fourth-order valence-corrected chi connectivity index (χ4v) is 6.36. The van der Waals surface area contributed by atoms with E-state index in [4.69, 9.17) is 4.42 Å². The molecule has 1 aliphatic carbocycles. The van der Waals surface area contributed by atoms with E-state index in [2.05, 4.69) is 0 Å². The summed E-state index contributed by atoms with van der Waals surface area (Å²) in [6, 6.07) is 7.35. The fourth-order valence-electron chi connectivity index (χ4n) is 5.66. The third kappa shape index (κ3) is 5.27. The van der Waals surface area contributed by atoms with E-state index in [1.807, 2.05) is 43.5 Å². The first-order valence-corrected chi connectivity index (χ1v) is 13.6. The van der Waals surface area contributed by atoms with E-state index in [1.165, 1.54) is 16.2 Å². The third-order valence-corrected chi connectivity index (χ3v) is 8.39. The number of nitrogens with zero attached hydrogens (tertiary/aromatic N) is 1. The molecule has 4 rings (SSSR count). The lowest BCUT2D eigenvalue weighted by Crippen LogP contribution is -2.39. The lowest BCUT2D eigenvalue weighted by Gasteiger charge is -2.36. The third-order valence-electron chi connectivity index (χ3n) is 7.53. The van der Waals surface area contributed by atoms with Crippen molar-refractivity contribution in [2.24, 2.45) is 17.8 Å². The van der Waals surface area contributed by atoms with Crippen molar-refractivity contribution >= 4 is 29.2 Å². The van der Waals surface area contributed by atoms with Gasteiger partial charge in [-0.25, -0.2) is 0 Å². The van der Waals surface area contributed by atoms with Crippen molar-refractivity contribution in [2.45, 2.75) is 65.2 Å². The first kappa shape index (κ1) is 26.5. The van der Waals surface area contributed by atoms with Crippen LogP contribution in [0.2, 0.25) is 0 Å². The zero-order chi connectivity index (χ0) is 25.8. The van der Waals surface area contributed by atoms with Gasteiger partial charge < -0.3 is 19.7 Å². The van der Waals surface area contributed by atoms with E-state index in [9.17, 15) is 24.9 Å². The number of aliphatic hydroxyl groups is 3. The SMILES string of the molecule is CCC1=C([C@H](O)CC/C(=C/c2ccc(CO)o2)CC)[C@H](CO)[C@@H]2C(=O)N(Cc3cccs3)C(=O)[C@@H]2C1. The van der Waals surface area contributed by atoms with Crippen molar-refractivity contribution < 1.29 is 29.3 Å². The van der Waals surface area contributed by atoms with Gasteiger partial charge in [-0.1, -0.05) is 31.1 Å². The van der Waals surface area contributed by atoms with E-state index in [0.717, 1.165) is 28.0 Å². The zero-order valence-electron chi connectivity index (χ0n) is 20.9. The topological polar surface area (TPSA) is 111 Å². The van der Waals surface area contributed by atoms with Gasteiger partial charge >= 0.3 is 0 Å². The summed E-state index contributed by atoms with van der Waals surface area (Å²) in [6.07, 6.45) is 4.07. The average Bonchev–Trinajstić information content (AvgIpc) is 3.63. The molecule has 0 radical (unpaired) electrons. The molecule has 3 heterocycles. The second-order valence-electron chi connectivity index (χ2n) is 9.55. The largest absolute Gasteiger partial charge is 0.459 e. The molecule has 3 N–H and O–H groups in total. The van der Waals surface area contributed by atoms with Crippen LogP contribution in [-0.2, 0) is 22.7 Å². The number of amides is 2. The van der Waals surface area contributed by atoms with Gasteiger partial charge in [0.2, 0.25) is 11.8 Å². The smallest absolute Gasteiger partial charge is 0.234 e. The number of carbonyl (C=O) groups is 2. The van der Waals surface area contributed by atoms with Crippen LogP contribution in [-0.4, -0.2) is 44.7 Å². The molecule has 1 aliphatic heterocycles. The molecule has 2 aromatic rings. The lowest BCUT2D eigenvalue weighted by atomic mass is 9.67. The summed E-state index contributed by atoms with van der Waals surface area (Å²) in [5.74, 6) is -0.939. The van der Waals surface area contributed by atoms with Crippen LogP contribution in [0.5, 0.6) is 0 Å². The summed E-state index contributed by atoms with van der Waals surface area (Å²) in [4.78, 5) is 28.9. The Kier molecular flexibility index (Phi) is 8.62. The highest BCUT2D eigenvalue weighted by atomic mass is 32.1. The molecule has 4 atom stereocenters. The molecule has 0 saturated carbocycles.